The highest BCUT2D eigenvalue weighted by molar-refractivity contribution is 5.83. The molecule has 1 amide bonds. The van der Waals surface area contributed by atoms with Crippen LogP contribution in [-0.4, -0.2) is 11.9 Å². The number of hydrogen-bond donors (Lipinski definition) is 2. The molecule has 1 unspecified atom stereocenters. The van der Waals surface area contributed by atoms with Crippen molar-refractivity contribution in [1.29, 1.82) is 0 Å². The van der Waals surface area contributed by atoms with Crippen molar-refractivity contribution in [3.05, 3.63) is 29.8 Å². The van der Waals surface area contributed by atoms with Crippen molar-refractivity contribution in [3.63, 3.8) is 0 Å². The third kappa shape index (κ3) is 4.27. The maximum Gasteiger partial charge on any atom is 0.239 e. The van der Waals surface area contributed by atoms with Gasteiger partial charge in [0.2, 0.25) is 5.91 Å². The van der Waals surface area contributed by atoms with E-state index < -0.39 is 0 Å². The Bertz CT molecular complexity index is 425. The molecular weight excluding hydrogens is 236 g/mol. The first kappa shape index (κ1) is 13.9. The number of primary amides is 1. The van der Waals surface area contributed by atoms with Gasteiger partial charge in [-0.15, -0.1) is 0 Å². The summed E-state index contributed by atoms with van der Waals surface area (Å²) in [5.74, 6) is 0.399. The number of benzene rings is 1. The number of aryl methyl sites for hydroxylation is 1. The van der Waals surface area contributed by atoms with Crippen molar-refractivity contribution in [2.45, 2.75) is 51.5 Å². The zero-order valence-corrected chi connectivity index (χ0v) is 11.7. The second-order valence-electron chi connectivity index (χ2n) is 5.71. The third-order valence-electron chi connectivity index (χ3n) is 4.00. The smallest absolute Gasteiger partial charge is 0.239 e. The molecule has 0 saturated heterocycles. The molecule has 0 radical (unpaired) electrons. The summed E-state index contributed by atoms with van der Waals surface area (Å²) < 4.78 is 0. The van der Waals surface area contributed by atoms with Gasteiger partial charge in [0.1, 0.15) is 6.04 Å². The fourth-order valence-electron chi connectivity index (χ4n) is 2.94. The molecule has 0 bridgehead atoms. The van der Waals surface area contributed by atoms with Gasteiger partial charge in [-0.1, -0.05) is 44.2 Å². The van der Waals surface area contributed by atoms with Crippen LogP contribution < -0.4 is 11.1 Å². The number of anilines is 1. The van der Waals surface area contributed by atoms with E-state index in [-0.39, 0.29) is 11.9 Å². The van der Waals surface area contributed by atoms with Crippen LogP contribution in [0.2, 0.25) is 0 Å². The van der Waals surface area contributed by atoms with Crippen molar-refractivity contribution in [3.8, 4) is 0 Å². The summed E-state index contributed by atoms with van der Waals surface area (Å²) >= 11 is 0. The van der Waals surface area contributed by atoms with Crippen LogP contribution in [-0.2, 0) is 4.79 Å². The topological polar surface area (TPSA) is 55.1 Å². The van der Waals surface area contributed by atoms with Gasteiger partial charge in [-0.05, 0) is 37.0 Å². The van der Waals surface area contributed by atoms with Gasteiger partial charge >= 0.3 is 0 Å². The number of nitrogens with two attached hydrogens (primary N) is 1. The molecule has 3 nitrogen and oxygen atoms in total. The minimum absolute atomic E-state index is 0.243. The Balaban J connectivity index is 1.97. The van der Waals surface area contributed by atoms with E-state index in [1.54, 1.807) is 0 Å². The lowest BCUT2D eigenvalue weighted by Crippen LogP contribution is -2.37. The summed E-state index contributed by atoms with van der Waals surface area (Å²) in [4.78, 5) is 11.6. The molecule has 1 aromatic rings. The van der Waals surface area contributed by atoms with Crippen LogP contribution in [0.1, 0.15) is 44.1 Å². The Morgan fingerprint density at radius 2 is 2.11 bits per heavy atom. The first-order valence-electron chi connectivity index (χ1n) is 7.27. The third-order valence-corrected chi connectivity index (χ3v) is 4.00. The molecule has 1 aliphatic rings. The number of amides is 1. The standard InChI is InChI=1S/C16H24N2O/c1-12-6-5-9-14(10-12)18-15(16(17)19)11-13-7-3-2-4-8-13/h5-6,9-10,13,15,18H,2-4,7-8,11H2,1H3,(H2,17,19). The zero-order chi connectivity index (χ0) is 13.7. The normalized spacial score (nSPS) is 17.9. The fourth-order valence-corrected chi connectivity index (χ4v) is 2.94. The highest BCUT2D eigenvalue weighted by Crippen LogP contribution is 2.28. The number of nitrogens with one attached hydrogen (secondary N) is 1. The molecule has 1 atom stereocenters. The summed E-state index contributed by atoms with van der Waals surface area (Å²) in [6.07, 6.45) is 7.26. The minimum atomic E-state index is -0.245. The maximum absolute atomic E-state index is 11.6. The van der Waals surface area contributed by atoms with Crippen molar-refractivity contribution < 1.29 is 4.79 Å². The fraction of sp³-hybridized carbons (Fsp3) is 0.562. The lowest BCUT2D eigenvalue weighted by atomic mass is 9.84. The predicted octanol–water partition coefficient (Wildman–Crippen LogP) is 3.23. The van der Waals surface area contributed by atoms with Crippen LogP contribution in [0.4, 0.5) is 5.69 Å². The first-order valence-corrected chi connectivity index (χ1v) is 7.27. The summed E-state index contributed by atoms with van der Waals surface area (Å²) in [5, 5.41) is 3.29. The van der Waals surface area contributed by atoms with Gasteiger partial charge in [-0.2, -0.15) is 0 Å². The molecule has 1 saturated carbocycles. The van der Waals surface area contributed by atoms with E-state index in [1.807, 2.05) is 25.1 Å². The molecule has 1 aliphatic carbocycles. The Morgan fingerprint density at radius 1 is 1.37 bits per heavy atom. The van der Waals surface area contributed by atoms with Gasteiger partial charge in [-0.3, -0.25) is 4.79 Å². The Labute approximate surface area is 115 Å². The van der Waals surface area contributed by atoms with Gasteiger partial charge < -0.3 is 11.1 Å². The Morgan fingerprint density at radius 3 is 2.74 bits per heavy atom. The molecule has 1 fully saturated rings. The average molecular weight is 260 g/mol. The molecule has 2 rings (SSSR count). The summed E-state index contributed by atoms with van der Waals surface area (Å²) in [6.45, 7) is 2.05. The van der Waals surface area contributed by atoms with E-state index in [1.165, 1.54) is 37.7 Å². The molecule has 19 heavy (non-hydrogen) atoms. The van der Waals surface area contributed by atoms with Gasteiger partial charge in [0.05, 0.1) is 0 Å². The van der Waals surface area contributed by atoms with Crippen molar-refractivity contribution in [1.82, 2.24) is 0 Å². The highest BCUT2D eigenvalue weighted by atomic mass is 16.1. The molecule has 0 aromatic heterocycles. The summed E-state index contributed by atoms with van der Waals surface area (Å²) in [6, 6.07) is 7.84. The zero-order valence-electron chi connectivity index (χ0n) is 11.7. The van der Waals surface area contributed by atoms with Gasteiger partial charge in [0, 0.05) is 5.69 Å². The van der Waals surface area contributed by atoms with Crippen LogP contribution in [0.15, 0.2) is 24.3 Å². The lowest BCUT2D eigenvalue weighted by Gasteiger charge is -2.26. The second-order valence-corrected chi connectivity index (χ2v) is 5.71. The van der Waals surface area contributed by atoms with Gasteiger partial charge in [-0.25, -0.2) is 0 Å². The summed E-state index contributed by atoms with van der Waals surface area (Å²) in [5.41, 5.74) is 7.71. The highest BCUT2D eigenvalue weighted by Gasteiger charge is 2.22. The van der Waals surface area contributed by atoms with E-state index in [4.69, 9.17) is 5.73 Å². The molecule has 1 aromatic carbocycles. The van der Waals surface area contributed by atoms with E-state index in [0.29, 0.717) is 5.92 Å². The van der Waals surface area contributed by atoms with Crippen LogP contribution in [0, 0.1) is 12.8 Å². The Kier molecular flexibility index (Phi) is 4.83. The summed E-state index contributed by atoms with van der Waals surface area (Å²) in [7, 11) is 0. The van der Waals surface area contributed by atoms with Gasteiger partial charge in [0.25, 0.3) is 0 Å². The molecule has 0 aliphatic heterocycles. The lowest BCUT2D eigenvalue weighted by molar-refractivity contribution is -0.119. The number of hydrogen-bond acceptors (Lipinski definition) is 2. The van der Waals surface area contributed by atoms with Gasteiger partial charge in [0.15, 0.2) is 0 Å². The number of carbonyl (C=O) groups excluding carboxylic acids is 1. The maximum atomic E-state index is 11.6. The Hall–Kier alpha value is -1.51. The van der Waals surface area contributed by atoms with Crippen LogP contribution in [0.5, 0.6) is 0 Å². The quantitative estimate of drug-likeness (QED) is 0.854. The van der Waals surface area contributed by atoms with E-state index in [2.05, 4.69) is 11.4 Å². The first-order chi connectivity index (χ1) is 9.15. The van der Waals surface area contributed by atoms with E-state index >= 15 is 0 Å². The van der Waals surface area contributed by atoms with Crippen molar-refractivity contribution >= 4 is 11.6 Å². The van der Waals surface area contributed by atoms with Crippen LogP contribution >= 0.6 is 0 Å². The van der Waals surface area contributed by atoms with Crippen LogP contribution in [0.3, 0.4) is 0 Å². The molecular formula is C16H24N2O. The number of carbonyl (C=O) groups is 1. The minimum Gasteiger partial charge on any atom is -0.374 e. The monoisotopic (exact) mass is 260 g/mol. The largest absolute Gasteiger partial charge is 0.374 e. The van der Waals surface area contributed by atoms with E-state index in [9.17, 15) is 4.79 Å². The molecule has 0 heterocycles. The number of rotatable bonds is 5. The van der Waals surface area contributed by atoms with Crippen molar-refractivity contribution in [2.75, 3.05) is 5.32 Å². The molecule has 104 valence electrons. The molecule has 3 heteroatoms. The SMILES string of the molecule is Cc1cccc(NC(CC2CCCCC2)C(N)=O)c1. The second kappa shape index (κ2) is 6.60. The predicted molar refractivity (Wildman–Crippen MR) is 79.0 cm³/mol. The molecule has 3 N–H and O–H groups in total. The average Bonchev–Trinajstić information content (AvgIpc) is 2.39. The van der Waals surface area contributed by atoms with Crippen molar-refractivity contribution in [2.24, 2.45) is 11.7 Å². The molecule has 0 spiro atoms. The van der Waals surface area contributed by atoms with E-state index in [0.717, 1.165) is 12.1 Å². The van der Waals surface area contributed by atoms with Crippen LogP contribution in [0.25, 0.3) is 0 Å².